The van der Waals surface area contributed by atoms with Crippen LogP contribution in [-0.4, -0.2) is 57.5 Å². The molecule has 3 heterocycles. The molecule has 1 aliphatic rings. The molecule has 0 atom stereocenters. The molecule has 1 aliphatic heterocycles. The van der Waals surface area contributed by atoms with Gasteiger partial charge in [-0.2, -0.15) is 5.10 Å². The third-order valence-corrected chi connectivity index (χ3v) is 3.52. The van der Waals surface area contributed by atoms with Crippen LogP contribution in [0.25, 0.3) is 11.3 Å². The summed E-state index contributed by atoms with van der Waals surface area (Å²) in [6, 6.07) is 1.74. The maximum absolute atomic E-state index is 5.87. The van der Waals surface area contributed by atoms with Crippen LogP contribution in [-0.2, 0) is 11.3 Å². The molecule has 1 fully saturated rings. The molecule has 1 saturated heterocycles. The van der Waals surface area contributed by atoms with Gasteiger partial charge in [0, 0.05) is 37.5 Å². The number of nitrogens with zero attached hydrogens (tertiary/aromatic N) is 5. The van der Waals surface area contributed by atoms with E-state index in [1.54, 1.807) is 12.3 Å². The van der Waals surface area contributed by atoms with Crippen molar-refractivity contribution in [3.63, 3.8) is 0 Å². The highest BCUT2D eigenvalue weighted by Crippen LogP contribution is 2.17. The second-order valence-corrected chi connectivity index (χ2v) is 5.06. The molecule has 3 rings (SSSR count). The predicted octanol–water partition coefficient (Wildman–Crippen LogP) is 1.33. The monoisotopic (exact) mass is 293 g/mol. The van der Waals surface area contributed by atoms with Crippen LogP contribution in [0.4, 0.5) is 0 Å². The van der Waals surface area contributed by atoms with Gasteiger partial charge in [0.2, 0.25) is 0 Å². The van der Waals surface area contributed by atoms with Gasteiger partial charge in [-0.25, -0.2) is 9.97 Å². The van der Waals surface area contributed by atoms with Crippen molar-refractivity contribution in [3.05, 3.63) is 29.9 Å². The molecule has 2 aromatic heterocycles. The number of rotatable bonds is 4. The van der Waals surface area contributed by atoms with Crippen molar-refractivity contribution < 1.29 is 4.74 Å². The highest BCUT2D eigenvalue weighted by atomic mass is 35.5. The molecule has 106 valence electrons. The van der Waals surface area contributed by atoms with E-state index in [1.807, 2.05) is 10.9 Å². The van der Waals surface area contributed by atoms with E-state index in [2.05, 4.69) is 20.0 Å². The minimum absolute atomic E-state index is 0.441. The normalized spacial score (nSPS) is 16.4. The van der Waals surface area contributed by atoms with Crippen molar-refractivity contribution in [1.29, 1.82) is 0 Å². The third kappa shape index (κ3) is 3.33. The second-order valence-electron chi connectivity index (χ2n) is 4.67. The van der Waals surface area contributed by atoms with Gasteiger partial charge in [-0.1, -0.05) is 11.6 Å². The average Bonchev–Trinajstić information content (AvgIpc) is 2.95. The first-order valence-electron chi connectivity index (χ1n) is 6.62. The minimum atomic E-state index is 0.441. The zero-order valence-corrected chi connectivity index (χ0v) is 11.8. The number of hydrogen-bond donors (Lipinski definition) is 0. The van der Waals surface area contributed by atoms with Crippen LogP contribution in [0.1, 0.15) is 0 Å². The molecule has 0 amide bonds. The summed E-state index contributed by atoms with van der Waals surface area (Å²) in [5.41, 5.74) is 1.75. The van der Waals surface area contributed by atoms with Crippen LogP contribution in [0.5, 0.6) is 0 Å². The fraction of sp³-hybridized carbons (Fsp3) is 0.462. The van der Waals surface area contributed by atoms with E-state index in [1.165, 1.54) is 6.33 Å². The number of hydrogen-bond acceptors (Lipinski definition) is 5. The van der Waals surface area contributed by atoms with Crippen LogP contribution < -0.4 is 0 Å². The summed E-state index contributed by atoms with van der Waals surface area (Å²) in [5, 5.41) is 4.80. The number of halogens is 1. The van der Waals surface area contributed by atoms with Gasteiger partial charge < -0.3 is 4.74 Å². The lowest BCUT2D eigenvalue weighted by molar-refractivity contribution is 0.0360. The van der Waals surface area contributed by atoms with Crippen LogP contribution in [0, 0.1) is 0 Å². The van der Waals surface area contributed by atoms with Crippen molar-refractivity contribution in [2.45, 2.75) is 6.54 Å². The molecule has 0 aliphatic carbocycles. The van der Waals surface area contributed by atoms with E-state index in [-0.39, 0.29) is 0 Å². The Balaban J connectivity index is 1.61. The van der Waals surface area contributed by atoms with Crippen LogP contribution in [0.2, 0.25) is 5.15 Å². The molecule has 0 saturated carbocycles. The molecule has 7 heteroatoms. The largest absolute Gasteiger partial charge is 0.379 e. The van der Waals surface area contributed by atoms with Gasteiger partial charge in [-0.3, -0.25) is 9.58 Å². The van der Waals surface area contributed by atoms with Gasteiger partial charge in [-0.15, -0.1) is 0 Å². The van der Waals surface area contributed by atoms with E-state index in [0.717, 1.165) is 50.7 Å². The average molecular weight is 294 g/mol. The van der Waals surface area contributed by atoms with Gasteiger partial charge in [0.15, 0.2) is 0 Å². The molecule has 20 heavy (non-hydrogen) atoms. The van der Waals surface area contributed by atoms with Gasteiger partial charge in [0.25, 0.3) is 0 Å². The third-order valence-electron chi connectivity index (χ3n) is 3.31. The molecule has 0 bridgehead atoms. The molecular weight excluding hydrogens is 278 g/mol. The van der Waals surface area contributed by atoms with E-state index >= 15 is 0 Å². The van der Waals surface area contributed by atoms with Crippen molar-refractivity contribution >= 4 is 11.6 Å². The SMILES string of the molecule is Clc1cc(-c2cnn(CCN3CCOCC3)c2)ncn1. The fourth-order valence-corrected chi connectivity index (χ4v) is 2.33. The van der Waals surface area contributed by atoms with Gasteiger partial charge in [-0.05, 0) is 0 Å². The van der Waals surface area contributed by atoms with Crippen LogP contribution in [0.15, 0.2) is 24.8 Å². The summed E-state index contributed by atoms with van der Waals surface area (Å²) in [6.07, 6.45) is 5.25. The fourth-order valence-electron chi connectivity index (χ4n) is 2.18. The van der Waals surface area contributed by atoms with Crippen molar-refractivity contribution in [3.8, 4) is 11.3 Å². The topological polar surface area (TPSA) is 56.1 Å². The standard InChI is InChI=1S/C13H16ClN5O/c14-13-7-12(15-10-16-13)11-8-17-19(9-11)2-1-18-3-5-20-6-4-18/h7-10H,1-6H2. The van der Waals surface area contributed by atoms with Gasteiger partial charge in [0.05, 0.1) is 31.6 Å². The summed E-state index contributed by atoms with van der Waals surface area (Å²) >= 11 is 5.87. The summed E-state index contributed by atoms with van der Waals surface area (Å²) < 4.78 is 7.27. The molecule has 0 radical (unpaired) electrons. The highest BCUT2D eigenvalue weighted by Gasteiger charge is 2.10. The summed E-state index contributed by atoms with van der Waals surface area (Å²) in [7, 11) is 0. The Morgan fingerprint density at radius 3 is 2.85 bits per heavy atom. The molecule has 0 unspecified atom stereocenters. The molecule has 0 spiro atoms. The van der Waals surface area contributed by atoms with Crippen LogP contribution >= 0.6 is 11.6 Å². The summed E-state index contributed by atoms with van der Waals surface area (Å²) in [5.74, 6) is 0. The number of morpholine rings is 1. The van der Waals surface area contributed by atoms with Crippen molar-refractivity contribution in [1.82, 2.24) is 24.6 Å². The first kappa shape index (κ1) is 13.5. The van der Waals surface area contributed by atoms with Crippen molar-refractivity contribution in [2.24, 2.45) is 0 Å². The zero-order chi connectivity index (χ0) is 13.8. The Hall–Kier alpha value is -1.50. The molecular formula is C13H16ClN5O. The van der Waals surface area contributed by atoms with Crippen LogP contribution in [0.3, 0.4) is 0 Å². The van der Waals surface area contributed by atoms with E-state index in [4.69, 9.17) is 16.3 Å². The molecule has 0 aromatic carbocycles. The lowest BCUT2D eigenvalue weighted by atomic mass is 10.2. The Morgan fingerprint density at radius 2 is 2.05 bits per heavy atom. The van der Waals surface area contributed by atoms with E-state index in [0.29, 0.717) is 5.15 Å². The summed E-state index contributed by atoms with van der Waals surface area (Å²) in [4.78, 5) is 10.5. The Morgan fingerprint density at radius 1 is 1.20 bits per heavy atom. The number of aromatic nitrogens is 4. The minimum Gasteiger partial charge on any atom is -0.379 e. The summed E-state index contributed by atoms with van der Waals surface area (Å²) in [6.45, 7) is 5.48. The van der Waals surface area contributed by atoms with Gasteiger partial charge >= 0.3 is 0 Å². The second kappa shape index (κ2) is 6.30. The smallest absolute Gasteiger partial charge is 0.133 e. The van der Waals surface area contributed by atoms with E-state index in [9.17, 15) is 0 Å². The molecule has 6 nitrogen and oxygen atoms in total. The lowest BCUT2D eigenvalue weighted by Crippen LogP contribution is -2.38. The Kier molecular flexibility index (Phi) is 4.25. The first-order valence-corrected chi connectivity index (χ1v) is 6.99. The first-order chi connectivity index (χ1) is 9.81. The van der Waals surface area contributed by atoms with E-state index < -0.39 is 0 Å². The predicted molar refractivity (Wildman–Crippen MR) is 75.5 cm³/mol. The Bertz CT molecular complexity index is 567. The number of ether oxygens (including phenoxy) is 1. The highest BCUT2D eigenvalue weighted by molar-refractivity contribution is 6.29. The molecule has 0 N–H and O–H groups in total. The maximum Gasteiger partial charge on any atom is 0.133 e. The maximum atomic E-state index is 5.87. The van der Waals surface area contributed by atoms with Gasteiger partial charge in [0.1, 0.15) is 11.5 Å². The van der Waals surface area contributed by atoms with Crippen molar-refractivity contribution in [2.75, 3.05) is 32.8 Å². The Labute approximate surface area is 122 Å². The zero-order valence-electron chi connectivity index (χ0n) is 11.1. The quantitative estimate of drug-likeness (QED) is 0.796. The lowest BCUT2D eigenvalue weighted by Gasteiger charge is -2.26. The molecule has 2 aromatic rings.